The summed E-state index contributed by atoms with van der Waals surface area (Å²) in [6.45, 7) is 5.77. The number of ether oxygens (including phenoxy) is 1. The lowest BCUT2D eigenvalue weighted by Crippen LogP contribution is -2.30. The Kier molecular flexibility index (Phi) is 5.69. The van der Waals surface area contributed by atoms with E-state index < -0.39 is 11.5 Å². The van der Waals surface area contributed by atoms with Crippen molar-refractivity contribution in [3.05, 3.63) is 64.1 Å². The van der Waals surface area contributed by atoms with Crippen LogP contribution in [0.3, 0.4) is 0 Å². The van der Waals surface area contributed by atoms with Crippen molar-refractivity contribution in [2.24, 2.45) is 5.41 Å². The fourth-order valence-corrected chi connectivity index (χ4v) is 2.39. The van der Waals surface area contributed by atoms with E-state index in [0.29, 0.717) is 21.6 Å². The first-order valence-corrected chi connectivity index (χ1v) is 7.96. The number of halogens is 2. The molecule has 2 rings (SSSR count). The zero-order valence-corrected chi connectivity index (χ0v) is 14.8. The number of aromatic nitrogens is 1. The van der Waals surface area contributed by atoms with Crippen LogP contribution in [-0.4, -0.2) is 16.2 Å². The van der Waals surface area contributed by atoms with Crippen LogP contribution in [0.5, 0.6) is 5.75 Å². The summed E-state index contributed by atoms with van der Waals surface area (Å²) in [5.41, 5.74) is 0.399. The van der Waals surface area contributed by atoms with Gasteiger partial charge in [0.25, 0.3) is 0 Å². The van der Waals surface area contributed by atoms with Crippen LogP contribution in [-0.2, 0) is 0 Å². The molecule has 0 fully saturated rings. The summed E-state index contributed by atoms with van der Waals surface area (Å²) in [6.07, 6.45) is 4.27. The Morgan fingerprint density at radius 1 is 1.17 bits per heavy atom. The maximum absolute atomic E-state index is 10.7. The van der Waals surface area contributed by atoms with Crippen molar-refractivity contribution in [3.63, 3.8) is 0 Å². The Hall–Kier alpha value is -1.55. The number of hydrogen-bond acceptors (Lipinski definition) is 3. The molecule has 0 saturated carbocycles. The van der Waals surface area contributed by atoms with Crippen molar-refractivity contribution < 1.29 is 9.84 Å². The van der Waals surface area contributed by atoms with E-state index in [1.165, 1.54) is 0 Å². The largest absolute Gasteiger partial charge is 0.456 e. The normalized spacial score (nSPS) is 13.7. The lowest BCUT2D eigenvalue weighted by atomic mass is 9.87. The fourth-order valence-electron chi connectivity index (χ4n) is 1.91. The minimum atomic E-state index is -0.838. The van der Waals surface area contributed by atoms with Crippen LogP contribution in [0.4, 0.5) is 0 Å². The summed E-state index contributed by atoms with van der Waals surface area (Å²) in [5.74, 6) is 0.690. The highest BCUT2D eigenvalue weighted by Gasteiger charge is 2.28. The molecular weight excluding hydrogens is 333 g/mol. The molecule has 1 aromatic heterocycles. The molecule has 3 nitrogen and oxygen atoms in total. The molecule has 0 aliphatic heterocycles. The van der Waals surface area contributed by atoms with E-state index in [2.05, 4.69) is 4.98 Å². The molecule has 1 N–H and O–H groups in total. The Labute approximate surface area is 146 Å². The van der Waals surface area contributed by atoms with Gasteiger partial charge in [0.1, 0.15) is 11.9 Å². The number of aliphatic hydroxyl groups excluding tert-OH is 1. The van der Waals surface area contributed by atoms with Crippen LogP contribution in [0, 0.1) is 5.41 Å². The molecule has 0 aliphatic rings. The first-order chi connectivity index (χ1) is 10.8. The zero-order valence-electron chi connectivity index (χ0n) is 13.3. The molecule has 0 bridgehead atoms. The van der Waals surface area contributed by atoms with Gasteiger partial charge >= 0.3 is 0 Å². The molecule has 1 atom stereocenters. The second-order valence-corrected chi connectivity index (χ2v) is 7.07. The van der Waals surface area contributed by atoms with Crippen LogP contribution in [0.1, 0.15) is 26.3 Å². The molecule has 5 heteroatoms. The standard InChI is InChI=1S/C18H19Cl2NO2/c1-18(2,3)17(22)15(10-12-6-5-9-21-11-12)23-16-13(19)7-4-8-14(16)20/h4-11,17,22H,1-3H3/b15-10+. The van der Waals surface area contributed by atoms with Gasteiger partial charge in [0.05, 0.1) is 10.0 Å². The number of hydrogen-bond donors (Lipinski definition) is 1. The minimum Gasteiger partial charge on any atom is -0.456 e. The average molecular weight is 352 g/mol. The van der Waals surface area contributed by atoms with E-state index in [4.69, 9.17) is 27.9 Å². The molecule has 1 aromatic carbocycles. The third-order valence-corrected chi connectivity index (χ3v) is 3.82. The van der Waals surface area contributed by atoms with Crippen LogP contribution in [0.25, 0.3) is 6.08 Å². The average Bonchev–Trinajstić information content (AvgIpc) is 2.49. The number of aliphatic hydroxyl groups is 1. The summed E-state index contributed by atoms with van der Waals surface area (Å²) in [5, 5.41) is 11.4. The van der Waals surface area contributed by atoms with Crippen molar-refractivity contribution in [3.8, 4) is 5.75 Å². The second kappa shape index (κ2) is 7.35. The quantitative estimate of drug-likeness (QED) is 0.768. The van der Waals surface area contributed by atoms with Crippen LogP contribution >= 0.6 is 23.2 Å². The number of benzene rings is 1. The van der Waals surface area contributed by atoms with E-state index in [9.17, 15) is 5.11 Å². The van der Waals surface area contributed by atoms with E-state index >= 15 is 0 Å². The lowest BCUT2D eigenvalue weighted by molar-refractivity contribution is 0.0642. The number of nitrogens with zero attached hydrogens (tertiary/aromatic N) is 1. The van der Waals surface area contributed by atoms with E-state index in [-0.39, 0.29) is 0 Å². The van der Waals surface area contributed by atoms with Gasteiger partial charge in [0.2, 0.25) is 0 Å². The second-order valence-electron chi connectivity index (χ2n) is 6.25. The summed E-state index contributed by atoms with van der Waals surface area (Å²) in [4.78, 5) is 4.07. The lowest BCUT2D eigenvalue weighted by Gasteiger charge is -2.28. The van der Waals surface area contributed by atoms with Crippen molar-refractivity contribution in [2.75, 3.05) is 0 Å². The predicted molar refractivity (Wildman–Crippen MR) is 94.8 cm³/mol. The maximum Gasteiger partial charge on any atom is 0.164 e. The first kappa shape index (κ1) is 17.8. The molecule has 1 unspecified atom stereocenters. The van der Waals surface area contributed by atoms with Gasteiger partial charge in [-0.3, -0.25) is 4.98 Å². The fraction of sp³-hybridized carbons (Fsp3) is 0.278. The Morgan fingerprint density at radius 3 is 2.35 bits per heavy atom. The van der Waals surface area contributed by atoms with Gasteiger partial charge in [-0.2, -0.15) is 0 Å². The van der Waals surface area contributed by atoms with Crippen LogP contribution in [0.2, 0.25) is 10.0 Å². The highest BCUT2D eigenvalue weighted by atomic mass is 35.5. The maximum atomic E-state index is 10.7. The van der Waals surface area contributed by atoms with Crippen LogP contribution in [0.15, 0.2) is 48.5 Å². The van der Waals surface area contributed by atoms with Gasteiger partial charge in [0, 0.05) is 12.4 Å². The molecule has 0 radical (unpaired) electrons. The van der Waals surface area contributed by atoms with E-state index in [1.54, 1.807) is 36.7 Å². The molecule has 0 spiro atoms. The molecule has 0 aliphatic carbocycles. The van der Waals surface area contributed by atoms with E-state index in [0.717, 1.165) is 5.56 Å². The Bertz CT molecular complexity index is 674. The molecule has 122 valence electrons. The van der Waals surface area contributed by atoms with Crippen molar-refractivity contribution in [1.82, 2.24) is 4.98 Å². The van der Waals surface area contributed by atoms with Gasteiger partial charge in [-0.25, -0.2) is 0 Å². The van der Waals surface area contributed by atoms with Gasteiger partial charge in [0.15, 0.2) is 5.75 Å². The number of para-hydroxylation sites is 1. The number of pyridine rings is 1. The summed E-state index contributed by atoms with van der Waals surface area (Å²) in [7, 11) is 0. The highest BCUT2D eigenvalue weighted by Crippen LogP contribution is 2.36. The smallest absolute Gasteiger partial charge is 0.164 e. The Balaban J connectivity index is 2.44. The number of rotatable bonds is 4. The van der Waals surface area contributed by atoms with Crippen molar-refractivity contribution in [1.29, 1.82) is 0 Å². The van der Waals surface area contributed by atoms with Gasteiger partial charge in [-0.05, 0) is 35.3 Å². The predicted octanol–water partition coefficient (Wildman–Crippen LogP) is 5.22. The Morgan fingerprint density at radius 2 is 1.83 bits per heavy atom. The molecular formula is C18H19Cl2NO2. The minimum absolute atomic E-state index is 0.328. The molecule has 2 aromatic rings. The van der Waals surface area contributed by atoms with E-state index in [1.807, 2.05) is 32.9 Å². The topological polar surface area (TPSA) is 42.4 Å². The summed E-state index contributed by atoms with van der Waals surface area (Å²) < 4.78 is 5.89. The van der Waals surface area contributed by atoms with Gasteiger partial charge in [-0.15, -0.1) is 0 Å². The third kappa shape index (κ3) is 4.71. The SMILES string of the molecule is CC(C)(C)C(O)/C(=C\c1cccnc1)Oc1c(Cl)cccc1Cl. The molecule has 23 heavy (non-hydrogen) atoms. The first-order valence-electron chi connectivity index (χ1n) is 7.20. The summed E-state index contributed by atoms with van der Waals surface area (Å²) >= 11 is 12.3. The molecule has 0 saturated heterocycles. The highest BCUT2D eigenvalue weighted by molar-refractivity contribution is 6.37. The zero-order chi connectivity index (χ0) is 17.0. The molecule has 0 amide bonds. The van der Waals surface area contributed by atoms with Crippen LogP contribution < -0.4 is 4.74 Å². The summed E-state index contributed by atoms with van der Waals surface area (Å²) in [6, 6.07) is 8.80. The monoisotopic (exact) mass is 351 g/mol. The van der Waals surface area contributed by atoms with Gasteiger partial charge in [-0.1, -0.05) is 56.1 Å². The third-order valence-electron chi connectivity index (χ3n) is 3.22. The van der Waals surface area contributed by atoms with Gasteiger partial charge < -0.3 is 9.84 Å². The van der Waals surface area contributed by atoms with Crippen molar-refractivity contribution >= 4 is 29.3 Å². The molecule has 1 heterocycles. The van der Waals surface area contributed by atoms with Crippen molar-refractivity contribution in [2.45, 2.75) is 26.9 Å².